The van der Waals surface area contributed by atoms with E-state index in [1.54, 1.807) is 0 Å². The van der Waals surface area contributed by atoms with E-state index in [9.17, 15) is 0 Å². The predicted octanol–water partition coefficient (Wildman–Crippen LogP) is 3.43. The van der Waals surface area contributed by atoms with Gasteiger partial charge in [-0.2, -0.15) is 5.10 Å². The van der Waals surface area contributed by atoms with Crippen molar-refractivity contribution in [1.29, 1.82) is 0 Å². The fourth-order valence-electron chi connectivity index (χ4n) is 2.10. The van der Waals surface area contributed by atoms with Crippen molar-refractivity contribution < 1.29 is 4.74 Å². The fourth-order valence-corrected chi connectivity index (χ4v) is 2.83. The minimum Gasteiger partial charge on any atom is -0.487 e. The number of rotatable bonds is 7. The first kappa shape index (κ1) is 16.0. The molecule has 0 spiro atoms. The van der Waals surface area contributed by atoms with Gasteiger partial charge in [-0.05, 0) is 46.6 Å². The summed E-state index contributed by atoms with van der Waals surface area (Å²) in [4.78, 5) is 0. The average molecular weight is 352 g/mol. The van der Waals surface area contributed by atoms with Gasteiger partial charge < -0.3 is 10.1 Å². The van der Waals surface area contributed by atoms with Crippen LogP contribution >= 0.6 is 15.9 Å². The lowest BCUT2D eigenvalue weighted by Crippen LogP contribution is -2.11. The van der Waals surface area contributed by atoms with Gasteiger partial charge >= 0.3 is 0 Å². The highest BCUT2D eigenvalue weighted by Crippen LogP contribution is 2.23. The maximum Gasteiger partial charge on any atom is 0.131 e. The van der Waals surface area contributed by atoms with Gasteiger partial charge in [0.15, 0.2) is 0 Å². The smallest absolute Gasteiger partial charge is 0.131 e. The summed E-state index contributed by atoms with van der Waals surface area (Å²) in [5, 5.41) is 7.78. The number of hydrogen-bond donors (Lipinski definition) is 1. The van der Waals surface area contributed by atoms with Gasteiger partial charge in [0, 0.05) is 13.6 Å². The van der Waals surface area contributed by atoms with Crippen molar-refractivity contribution in [2.75, 3.05) is 6.54 Å². The molecule has 2 aromatic rings. The molecule has 0 atom stereocenters. The van der Waals surface area contributed by atoms with Crippen molar-refractivity contribution in [3.63, 3.8) is 0 Å². The summed E-state index contributed by atoms with van der Waals surface area (Å²) in [6, 6.07) is 8.21. The Balaban J connectivity index is 1.98. The molecule has 0 saturated carbocycles. The quantitative estimate of drug-likeness (QED) is 0.830. The van der Waals surface area contributed by atoms with Crippen molar-refractivity contribution in [2.24, 2.45) is 7.05 Å². The van der Waals surface area contributed by atoms with E-state index in [0.29, 0.717) is 6.61 Å². The largest absolute Gasteiger partial charge is 0.487 e. The zero-order valence-electron chi connectivity index (χ0n) is 12.8. The Labute approximate surface area is 134 Å². The molecule has 1 heterocycles. The van der Waals surface area contributed by atoms with Crippen LogP contribution in [0.2, 0.25) is 0 Å². The molecule has 0 bridgehead atoms. The normalized spacial score (nSPS) is 10.9. The number of nitrogens with zero attached hydrogens (tertiary/aromatic N) is 2. The minimum atomic E-state index is 0.511. The first-order valence-electron chi connectivity index (χ1n) is 7.28. The van der Waals surface area contributed by atoms with Crippen molar-refractivity contribution in [3.8, 4) is 5.75 Å². The van der Waals surface area contributed by atoms with E-state index in [2.05, 4.69) is 52.3 Å². The van der Waals surface area contributed by atoms with Gasteiger partial charge in [-0.15, -0.1) is 0 Å². The highest BCUT2D eigenvalue weighted by molar-refractivity contribution is 9.10. The van der Waals surface area contributed by atoms with E-state index >= 15 is 0 Å². The summed E-state index contributed by atoms with van der Waals surface area (Å²) < 4.78 is 8.79. The van der Waals surface area contributed by atoms with E-state index in [1.807, 2.05) is 23.9 Å². The predicted molar refractivity (Wildman–Crippen MR) is 88.4 cm³/mol. The number of aryl methyl sites for hydroxylation is 2. The first-order valence-corrected chi connectivity index (χ1v) is 8.07. The van der Waals surface area contributed by atoms with E-state index in [-0.39, 0.29) is 0 Å². The summed E-state index contributed by atoms with van der Waals surface area (Å²) in [5.41, 5.74) is 3.39. The number of aromatic nitrogens is 2. The molecule has 5 heteroatoms. The molecule has 1 aromatic carbocycles. The summed E-state index contributed by atoms with van der Waals surface area (Å²) in [5.74, 6) is 0.876. The van der Waals surface area contributed by atoms with Gasteiger partial charge in [0.25, 0.3) is 0 Å². The second-order valence-electron chi connectivity index (χ2n) is 4.90. The maximum atomic E-state index is 5.86. The summed E-state index contributed by atoms with van der Waals surface area (Å²) in [6.07, 6.45) is 0.910. The van der Waals surface area contributed by atoms with Crippen LogP contribution in [0.1, 0.15) is 30.8 Å². The molecular formula is C16H22BrN3O. The number of nitrogens with one attached hydrogen (secondary N) is 1. The number of benzene rings is 1. The SMILES string of the molecule is CCNCc1ccc(OCc2c(Br)c(CC)nn2C)cc1. The van der Waals surface area contributed by atoms with Crippen molar-refractivity contribution in [2.45, 2.75) is 33.4 Å². The van der Waals surface area contributed by atoms with Gasteiger partial charge in [0.05, 0.1) is 15.9 Å². The van der Waals surface area contributed by atoms with Gasteiger partial charge in [0.1, 0.15) is 12.4 Å². The van der Waals surface area contributed by atoms with Crippen LogP contribution in [0.5, 0.6) is 5.75 Å². The molecule has 0 radical (unpaired) electrons. The van der Waals surface area contributed by atoms with Crippen LogP contribution in [0, 0.1) is 0 Å². The topological polar surface area (TPSA) is 39.1 Å². The zero-order valence-corrected chi connectivity index (χ0v) is 14.4. The lowest BCUT2D eigenvalue weighted by molar-refractivity contribution is 0.294. The van der Waals surface area contributed by atoms with Crippen molar-refractivity contribution >= 4 is 15.9 Å². The molecule has 114 valence electrons. The molecule has 0 aliphatic rings. The van der Waals surface area contributed by atoms with Crippen molar-refractivity contribution in [3.05, 3.63) is 45.7 Å². The Hall–Kier alpha value is -1.33. The van der Waals surface area contributed by atoms with Crippen LogP contribution in [0.3, 0.4) is 0 Å². The number of ether oxygens (including phenoxy) is 1. The third-order valence-corrected chi connectivity index (χ3v) is 4.30. The van der Waals surface area contributed by atoms with Crippen LogP contribution in [0.15, 0.2) is 28.7 Å². The number of halogens is 1. The van der Waals surface area contributed by atoms with Crippen LogP contribution < -0.4 is 10.1 Å². The molecule has 0 amide bonds. The molecule has 21 heavy (non-hydrogen) atoms. The molecule has 0 aliphatic heterocycles. The molecule has 0 aliphatic carbocycles. The molecule has 1 aromatic heterocycles. The monoisotopic (exact) mass is 351 g/mol. The molecule has 0 unspecified atom stereocenters. The lowest BCUT2D eigenvalue weighted by Gasteiger charge is -2.08. The molecule has 2 rings (SSSR count). The van der Waals surface area contributed by atoms with E-state index < -0.39 is 0 Å². The highest BCUT2D eigenvalue weighted by Gasteiger charge is 2.12. The van der Waals surface area contributed by atoms with Crippen LogP contribution in [0.25, 0.3) is 0 Å². The Kier molecular flexibility index (Phi) is 5.82. The third-order valence-electron chi connectivity index (χ3n) is 3.38. The zero-order chi connectivity index (χ0) is 15.2. The van der Waals surface area contributed by atoms with E-state index in [4.69, 9.17) is 4.74 Å². The first-order chi connectivity index (χ1) is 10.2. The average Bonchev–Trinajstić information content (AvgIpc) is 2.78. The molecule has 1 N–H and O–H groups in total. The Bertz CT molecular complexity index is 578. The summed E-state index contributed by atoms with van der Waals surface area (Å²) in [7, 11) is 1.95. The van der Waals surface area contributed by atoms with Crippen LogP contribution in [0.4, 0.5) is 0 Å². The van der Waals surface area contributed by atoms with E-state index in [0.717, 1.165) is 41.1 Å². The second-order valence-corrected chi connectivity index (χ2v) is 5.69. The maximum absolute atomic E-state index is 5.86. The minimum absolute atomic E-state index is 0.511. The Morgan fingerprint density at radius 1 is 1.24 bits per heavy atom. The molecule has 0 saturated heterocycles. The van der Waals surface area contributed by atoms with Gasteiger partial charge in [0.2, 0.25) is 0 Å². The standard InChI is InChI=1S/C16H22BrN3O/c1-4-14-16(17)15(20(3)19-14)11-21-13-8-6-12(7-9-13)10-18-5-2/h6-9,18H,4-5,10-11H2,1-3H3. The second kappa shape index (κ2) is 7.61. The highest BCUT2D eigenvalue weighted by atomic mass is 79.9. The van der Waals surface area contributed by atoms with Gasteiger partial charge in [-0.25, -0.2) is 0 Å². The third kappa shape index (κ3) is 4.08. The number of hydrogen-bond acceptors (Lipinski definition) is 3. The summed E-state index contributed by atoms with van der Waals surface area (Å²) >= 11 is 3.60. The van der Waals surface area contributed by atoms with Crippen LogP contribution in [-0.2, 0) is 26.6 Å². The molecule has 0 fully saturated rings. The Morgan fingerprint density at radius 2 is 1.95 bits per heavy atom. The lowest BCUT2D eigenvalue weighted by atomic mass is 10.2. The van der Waals surface area contributed by atoms with E-state index in [1.165, 1.54) is 5.56 Å². The van der Waals surface area contributed by atoms with Crippen LogP contribution in [-0.4, -0.2) is 16.3 Å². The summed E-state index contributed by atoms with van der Waals surface area (Å²) in [6.45, 7) is 6.58. The van der Waals surface area contributed by atoms with Gasteiger partial charge in [-0.3, -0.25) is 4.68 Å². The molecular weight excluding hydrogens is 330 g/mol. The Morgan fingerprint density at radius 3 is 2.52 bits per heavy atom. The fraction of sp³-hybridized carbons (Fsp3) is 0.438. The van der Waals surface area contributed by atoms with Gasteiger partial charge in [-0.1, -0.05) is 26.0 Å². The van der Waals surface area contributed by atoms with Crippen molar-refractivity contribution in [1.82, 2.24) is 15.1 Å². The molecule has 4 nitrogen and oxygen atoms in total.